The molecule has 2 nitrogen and oxygen atoms in total. The summed E-state index contributed by atoms with van der Waals surface area (Å²) in [6, 6.07) is 4.53. The van der Waals surface area contributed by atoms with E-state index in [0.717, 1.165) is 18.1 Å². The Bertz CT molecular complexity index is 327. The maximum absolute atomic E-state index is 12.8. The molecule has 1 aromatic rings. The molecule has 2 atom stereocenters. The van der Waals surface area contributed by atoms with Crippen molar-refractivity contribution >= 4 is 0 Å². The van der Waals surface area contributed by atoms with Crippen LogP contribution >= 0.6 is 0 Å². The third-order valence-corrected chi connectivity index (χ3v) is 2.61. The highest BCUT2D eigenvalue weighted by molar-refractivity contribution is 5.34. The fourth-order valence-corrected chi connectivity index (χ4v) is 1.52. The van der Waals surface area contributed by atoms with Crippen molar-refractivity contribution in [2.75, 3.05) is 0 Å². The van der Waals surface area contributed by atoms with Crippen LogP contribution in [0.15, 0.2) is 18.2 Å². The van der Waals surface area contributed by atoms with Crippen LogP contribution in [0.4, 0.5) is 4.39 Å². The molecular formula is C12H18FNO. The van der Waals surface area contributed by atoms with Gasteiger partial charge in [0.25, 0.3) is 0 Å². The Morgan fingerprint density at radius 3 is 2.60 bits per heavy atom. The third kappa shape index (κ3) is 3.20. The molecule has 0 aliphatic carbocycles. The van der Waals surface area contributed by atoms with Gasteiger partial charge in [-0.3, -0.25) is 0 Å². The number of hydrogen-bond donors (Lipinski definition) is 2. The second-order valence-electron chi connectivity index (χ2n) is 3.90. The minimum absolute atomic E-state index is 0.0123. The molecule has 0 amide bonds. The van der Waals surface area contributed by atoms with E-state index in [0.29, 0.717) is 6.04 Å². The maximum Gasteiger partial charge on any atom is 0.126 e. The smallest absolute Gasteiger partial charge is 0.126 e. The first kappa shape index (κ1) is 12.0. The molecule has 3 heteroatoms. The van der Waals surface area contributed by atoms with Crippen LogP contribution in [0.2, 0.25) is 0 Å². The Kier molecular flexibility index (Phi) is 4.09. The van der Waals surface area contributed by atoms with E-state index >= 15 is 0 Å². The van der Waals surface area contributed by atoms with E-state index in [9.17, 15) is 9.50 Å². The van der Waals surface area contributed by atoms with E-state index in [1.807, 2.05) is 6.92 Å². The van der Waals surface area contributed by atoms with Gasteiger partial charge in [-0.15, -0.1) is 0 Å². The molecule has 2 unspecified atom stereocenters. The van der Waals surface area contributed by atoms with Crippen molar-refractivity contribution in [1.82, 2.24) is 5.32 Å². The van der Waals surface area contributed by atoms with Crippen LogP contribution < -0.4 is 5.32 Å². The van der Waals surface area contributed by atoms with Gasteiger partial charge in [-0.25, -0.2) is 4.39 Å². The zero-order chi connectivity index (χ0) is 11.4. The fraction of sp³-hybridized carbons (Fsp3) is 0.500. The molecule has 0 aliphatic rings. The van der Waals surface area contributed by atoms with Gasteiger partial charge in [0, 0.05) is 23.7 Å². The number of phenolic OH excluding ortho intramolecular Hbond substituents is 1. The van der Waals surface area contributed by atoms with Gasteiger partial charge in [0.2, 0.25) is 0 Å². The second kappa shape index (κ2) is 5.12. The summed E-state index contributed by atoms with van der Waals surface area (Å²) in [5.74, 6) is -0.398. The average molecular weight is 211 g/mol. The first-order valence-electron chi connectivity index (χ1n) is 5.29. The van der Waals surface area contributed by atoms with E-state index in [1.54, 1.807) is 6.07 Å². The summed E-state index contributed by atoms with van der Waals surface area (Å²) in [5.41, 5.74) is 0.733. The van der Waals surface area contributed by atoms with Gasteiger partial charge < -0.3 is 10.4 Å². The molecule has 0 fully saturated rings. The van der Waals surface area contributed by atoms with Crippen molar-refractivity contribution in [2.24, 2.45) is 0 Å². The molecule has 15 heavy (non-hydrogen) atoms. The van der Waals surface area contributed by atoms with Crippen LogP contribution in [-0.4, -0.2) is 11.1 Å². The minimum Gasteiger partial charge on any atom is -0.508 e. The largest absolute Gasteiger partial charge is 0.508 e. The number of rotatable bonds is 4. The van der Waals surface area contributed by atoms with Gasteiger partial charge >= 0.3 is 0 Å². The van der Waals surface area contributed by atoms with Crippen molar-refractivity contribution in [2.45, 2.75) is 39.3 Å². The number of hydrogen-bond acceptors (Lipinski definition) is 2. The Morgan fingerprint density at radius 2 is 2.07 bits per heavy atom. The highest BCUT2D eigenvalue weighted by atomic mass is 19.1. The predicted molar refractivity (Wildman–Crippen MR) is 59.4 cm³/mol. The van der Waals surface area contributed by atoms with Gasteiger partial charge in [-0.05, 0) is 26.3 Å². The summed E-state index contributed by atoms with van der Waals surface area (Å²) in [4.78, 5) is 0. The molecule has 0 saturated heterocycles. The lowest BCUT2D eigenvalue weighted by Gasteiger charge is -2.19. The summed E-state index contributed by atoms with van der Waals surface area (Å²) in [6.07, 6.45) is 1.02. The first-order valence-corrected chi connectivity index (χ1v) is 5.29. The fourth-order valence-electron chi connectivity index (χ4n) is 1.52. The molecule has 0 spiro atoms. The molecule has 0 radical (unpaired) electrons. The Hall–Kier alpha value is -1.09. The van der Waals surface area contributed by atoms with Crippen LogP contribution in [0, 0.1) is 5.82 Å². The second-order valence-corrected chi connectivity index (χ2v) is 3.90. The van der Waals surface area contributed by atoms with E-state index in [4.69, 9.17) is 0 Å². The maximum atomic E-state index is 12.8. The lowest BCUT2D eigenvalue weighted by Crippen LogP contribution is -2.28. The lowest BCUT2D eigenvalue weighted by atomic mass is 10.1. The molecular weight excluding hydrogens is 193 g/mol. The van der Waals surface area contributed by atoms with Crippen molar-refractivity contribution in [3.63, 3.8) is 0 Å². The van der Waals surface area contributed by atoms with Crippen molar-refractivity contribution < 1.29 is 9.50 Å². The number of aromatic hydroxyl groups is 1. The summed E-state index contributed by atoms with van der Waals surface area (Å²) in [6.45, 7) is 6.13. The van der Waals surface area contributed by atoms with Crippen molar-refractivity contribution in [1.29, 1.82) is 0 Å². The van der Waals surface area contributed by atoms with Gasteiger partial charge in [0.1, 0.15) is 11.6 Å². The summed E-state index contributed by atoms with van der Waals surface area (Å²) in [5, 5.41) is 12.9. The molecule has 1 aromatic carbocycles. The standard InChI is InChI=1S/C12H18FNO/c1-4-8(2)14-9(3)11-6-5-10(13)7-12(11)15/h5-9,14-15H,4H2,1-3H3. The first-order chi connectivity index (χ1) is 7.04. The lowest BCUT2D eigenvalue weighted by molar-refractivity contribution is 0.427. The summed E-state index contributed by atoms with van der Waals surface area (Å²) >= 11 is 0. The van der Waals surface area contributed by atoms with Gasteiger partial charge in [-0.1, -0.05) is 13.0 Å². The minimum atomic E-state index is -0.410. The number of nitrogens with one attached hydrogen (secondary N) is 1. The quantitative estimate of drug-likeness (QED) is 0.802. The molecule has 1 rings (SSSR count). The van der Waals surface area contributed by atoms with E-state index in [1.165, 1.54) is 6.07 Å². The summed E-state index contributed by atoms with van der Waals surface area (Å²) in [7, 11) is 0. The third-order valence-electron chi connectivity index (χ3n) is 2.61. The van der Waals surface area contributed by atoms with Crippen LogP contribution in [0.3, 0.4) is 0 Å². The van der Waals surface area contributed by atoms with Gasteiger partial charge in [0.05, 0.1) is 0 Å². The molecule has 0 saturated carbocycles. The molecule has 2 N–H and O–H groups in total. The van der Waals surface area contributed by atoms with E-state index in [2.05, 4.69) is 19.2 Å². The Morgan fingerprint density at radius 1 is 1.40 bits per heavy atom. The van der Waals surface area contributed by atoms with Crippen LogP contribution in [0.1, 0.15) is 38.8 Å². The molecule has 0 aromatic heterocycles. The highest BCUT2D eigenvalue weighted by Gasteiger charge is 2.12. The van der Waals surface area contributed by atoms with Crippen LogP contribution in [-0.2, 0) is 0 Å². The Labute approximate surface area is 90.1 Å². The molecule has 0 bridgehead atoms. The highest BCUT2D eigenvalue weighted by Crippen LogP contribution is 2.25. The number of phenols is 1. The number of halogens is 1. The topological polar surface area (TPSA) is 32.3 Å². The van der Waals surface area contributed by atoms with Crippen molar-refractivity contribution in [3.8, 4) is 5.75 Å². The van der Waals surface area contributed by atoms with E-state index in [-0.39, 0.29) is 11.8 Å². The predicted octanol–water partition coefficient (Wildman–Crippen LogP) is 2.98. The van der Waals surface area contributed by atoms with Crippen LogP contribution in [0.5, 0.6) is 5.75 Å². The molecule has 0 aliphatic heterocycles. The molecule has 0 heterocycles. The van der Waals surface area contributed by atoms with Crippen molar-refractivity contribution in [3.05, 3.63) is 29.6 Å². The van der Waals surface area contributed by atoms with E-state index < -0.39 is 5.82 Å². The van der Waals surface area contributed by atoms with Crippen LogP contribution in [0.25, 0.3) is 0 Å². The molecule has 84 valence electrons. The van der Waals surface area contributed by atoms with Gasteiger partial charge in [-0.2, -0.15) is 0 Å². The zero-order valence-electron chi connectivity index (χ0n) is 9.42. The average Bonchev–Trinajstić information content (AvgIpc) is 2.17. The van der Waals surface area contributed by atoms with Gasteiger partial charge in [0.15, 0.2) is 0 Å². The zero-order valence-corrected chi connectivity index (χ0v) is 9.42. The summed E-state index contributed by atoms with van der Waals surface area (Å²) < 4.78 is 12.8. The number of benzene rings is 1. The normalized spacial score (nSPS) is 14.9. The SMILES string of the molecule is CCC(C)NC(C)c1ccc(F)cc1O. The monoisotopic (exact) mass is 211 g/mol. The Balaban J connectivity index is 2.77.